The molecule has 0 fully saturated rings. The first kappa shape index (κ1) is 17.5. The van der Waals surface area contributed by atoms with Crippen LogP contribution in [0, 0.1) is 6.92 Å². The molecule has 1 N–H and O–H groups in total. The molecule has 0 aromatic carbocycles. The highest BCUT2D eigenvalue weighted by Crippen LogP contribution is 2.06. The van der Waals surface area contributed by atoms with Gasteiger partial charge in [-0.1, -0.05) is 6.42 Å². The fourth-order valence-electron chi connectivity index (χ4n) is 1.96. The summed E-state index contributed by atoms with van der Waals surface area (Å²) >= 11 is 0. The Labute approximate surface area is 128 Å². The molecule has 0 spiro atoms. The number of nitrogens with zero attached hydrogens (tertiary/aromatic N) is 1. The zero-order valence-electron chi connectivity index (χ0n) is 13.8. The van der Waals surface area contributed by atoms with E-state index in [0.717, 1.165) is 19.4 Å². The normalized spacial score (nSPS) is 11.2. The van der Waals surface area contributed by atoms with Crippen LogP contribution in [0.2, 0.25) is 0 Å². The third kappa shape index (κ3) is 9.05. The van der Waals surface area contributed by atoms with Crippen LogP contribution >= 0.6 is 0 Å². The Morgan fingerprint density at radius 1 is 1.14 bits per heavy atom. The van der Waals surface area contributed by atoms with E-state index in [0.29, 0.717) is 6.54 Å². The summed E-state index contributed by atoms with van der Waals surface area (Å²) in [7, 11) is 0. The number of hydrogen-bond acceptors (Lipinski definition) is 2. The molecular weight excluding hydrogens is 264 g/mol. The summed E-state index contributed by atoms with van der Waals surface area (Å²) in [4.78, 5) is 11.4. The number of nitrogens with one attached hydrogen (secondary N) is 1. The van der Waals surface area contributed by atoms with Gasteiger partial charge in [0.15, 0.2) is 12.4 Å². The van der Waals surface area contributed by atoms with Crippen LogP contribution in [-0.4, -0.2) is 18.2 Å². The number of aromatic nitrogens is 1. The number of hydrogen-bond donors (Lipinski definition) is 1. The third-order valence-electron chi connectivity index (χ3n) is 3.07. The number of carbonyl (C=O) groups excluding carboxylic acids is 1. The molecule has 0 bridgehead atoms. The lowest BCUT2D eigenvalue weighted by Gasteiger charge is -2.19. The highest BCUT2D eigenvalue weighted by atomic mass is 16.6. The molecule has 0 saturated heterocycles. The van der Waals surface area contributed by atoms with Gasteiger partial charge in [-0.05, 0) is 46.1 Å². The number of ether oxygens (including phenoxy) is 1. The van der Waals surface area contributed by atoms with Crippen molar-refractivity contribution in [1.82, 2.24) is 5.32 Å². The molecule has 1 amide bonds. The molecule has 0 aliphatic carbocycles. The van der Waals surface area contributed by atoms with E-state index in [1.807, 2.05) is 20.8 Å². The molecule has 1 aromatic rings. The van der Waals surface area contributed by atoms with E-state index in [2.05, 4.69) is 41.3 Å². The van der Waals surface area contributed by atoms with E-state index in [1.165, 1.54) is 18.4 Å². The van der Waals surface area contributed by atoms with Crippen molar-refractivity contribution in [3.8, 4) is 0 Å². The van der Waals surface area contributed by atoms with Crippen molar-refractivity contribution < 1.29 is 14.1 Å². The number of alkyl carbamates (subject to hydrolysis) is 1. The molecule has 1 aromatic heterocycles. The maximum atomic E-state index is 11.4. The van der Waals surface area contributed by atoms with Gasteiger partial charge >= 0.3 is 6.09 Å². The second-order valence-corrected chi connectivity index (χ2v) is 6.46. The topological polar surface area (TPSA) is 42.2 Å². The molecule has 0 saturated carbocycles. The van der Waals surface area contributed by atoms with Gasteiger partial charge in [0.05, 0.1) is 0 Å². The Morgan fingerprint density at radius 2 is 1.76 bits per heavy atom. The summed E-state index contributed by atoms with van der Waals surface area (Å²) in [5.74, 6) is 0. The quantitative estimate of drug-likeness (QED) is 0.618. The SMILES string of the molecule is Cc1cc[n+](CCCCCCNC(=O)OC(C)(C)C)cc1. The van der Waals surface area contributed by atoms with Crippen LogP contribution in [0.5, 0.6) is 0 Å². The van der Waals surface area contributed by atoms with Gasteiger partial charge in [-0.15, -0.1) is 0 Å². The van der Waals surface area contributed by atoms with Crippen molar-refractivity contribution in [3.05, 3.63) is 30.1 Å². The fourth-order valence-corrected chi connectivity index (χ4v) is 1.96. The minimum Gasteiger partial charge on any atom is -0.444 e. The van der Waals surface area contributed by atoms with Crippen molar-refractivity contribution >= 4 is 6.09 Å². The maximum Gasteiger partial charge on any atom is 0.407 e. The molecule has 4 nitrogen and oxygen atoms in total. The van der Waals surface area contributed by atoms with E-state index in [-0.39, 0.29) is 6.09 Å². The minimum atomic E-state index is -0.421. The van der Waals surface area contributed by atoms with E-state index >= 15 is 0 Å². The lowest BCUT2D eigenvalue weighted by molar-refractivity contribution is -0.697. The van der Waals surface area contributed by atoms with E-state index in [9.17, 15) is 4.79 Å². The number of amides is 1. The van der Waals surface area contributed by atoms with Gasteiger partial charge in [0.2, 0.25) is 0 Å². The number of aryl methyl sites for hydroxylation is 2. The fraction of sp³-hybridized carbons (Fsp3) is 0.647. The molecule has 0 aliphatic heterocycles. The molecule has 4 heteroatoms. The Balaban J connectivity index is 2.00. The molecule has 1 rings (SSSR count). The van der Waals surface area contributed by atoms with Crippen LogP contribution in [-0.2, 0) is 11.3 Å². The molecule has 0 atom stereocenters. The van der Waals surface area contributed by atoms with E-state index in [1.54, 1.807) is 0 Å². The second-order valence-electron chi connectivity index (χ2n) is 6.46. The van der Waals surface area contributed by atoms with Crippen molar-refractivity contribution in [2.75, 3.05) is 6.54 Å². The van der Waals surface area contributed by atoms with Gasteiger partial charge < -0.3 is 10.1 Å². The molecule has 1 heterocycles. The van der Waals surface area contributed by atoms with Crippen LogP contribution in [0.25, 0.3) is 0 Å². The number of unbranched alkanes of at least 4 members (excludes halogenated alkanes) is 3. The first-order valence-corrected chi connectivity index (χ1v) is 7.79. The standard InChI is InChI=1S/C17H28N2O2/c1-15-9-13-19(14-10-15)12-8-6-5-7-11-18-16(20)21-17(2,3)4/h9-10,13-14H,5-8,11-12H2,1-4H3/p+1. The van der Waals surface area contributed by atoms with E-state index in [4.69, 9.17) is 4.74 Å². The van der Waals surface area contributed by atoms with Gasteiger partial charge in [-0.3, -0.25) is 0 Å². The lowest BCUT2D eigenvalue weighted by Crippen LogP contribution is -2.33. The van der Waals surface area contributed by atoms with Gasteiger partial charge in [-0.25, -0.2) is 9.36 Å². The van der Waals surface area contributed by atoms with Gasteiger partial charge in [0.25, 0.3) is 0 Å². The van der Waals surface area contributed by atoms with Crippen LogP contribution in [0.4, 0.5) is 4.79 Å². The van der Waals surface area contributed by atoms with Crippen LogP contribution in [0.1, 0.15) is 52.0 Å². The molecule has 0 aliphatic rings. The van der Waals surface area contributed by atoms with Gasteiger partial charge in [0, 0.05) is 25.1 Å². The summed E-state index contributed by atoms with van der Waals surface area (Å²) in [5.41, 5.74) is 0.870. The largest absolute Gasteiger partial charge is 0.444 e. The smallest absolute Gasteiger partial charge is 0.407 e. The zero-order valence-corrected chi connectivity index (χ0v) is 13.8. The van der Waals surface area contributed by atoms with Crippen molar-refractivity contribution in [2.24, 2.45) is 0 Å². The summed E-state index contributed by atoms with van der Waals surface area (Å²) < 4.78 is 7.39. The number of pyridine rings is 1. The summed E-state index contributed by atoms with van der Waals surface area (Å²) in [5, 5.41) is 2.79. The first-order chi connectivity index (χ1) is 9.87. The first-order valence-electron chi connectivity index (χ1n) is 7.79. The summed E-state index contributed by atoms with van der Waals surface area (Å²) in [6.07, 6.45) is 8.40. The highest BCUT2D eigenvalue weighted by molar-refractivity contribution is 5.67. The maximum absolute atomic E-state index is 11.4. The Bertz CT molecular complexity index is 421. The molecule has 0 radical (unpaired) electrons. The highest BCUT2D eigenvalue weighted by Gasteiger charge is 2.15. The predicted octanol–water partition coefficient (Wildman–Crippen LogP) is 3.37. The Morgan fingerprint density at radius 3 is 2.38 bits per heavy atom. The van der Waals surface area contributed by atoms with Crippen molar-refractivity contribution in [2.45, 2.75) is 65.5 Å². The van der Waals surface area contributed by atoms with E-state index < -0.39 is 5.60 Å². The Kier molecular flexibility index (Phi) is 7.20. The minimum absolute atomic E-state index is 0.322. The average Bonchev–Trinajstić information content (AvgIpc) is 2.37. The molecule has 0 unspecified atom stereocenters. The van der Waals surface area contributed by atoms with Crippen molar-refractivity contribution in [1.29, 1.82) is 0 Å². The monoisotopic (exact) mass is 293 g/mol. The average molecular weight is 293 g/mol. The Hall–Kier alpha value is -1.58. The zero-order chi connectivity index (χ0) is 15.7. The predicted molar refractivity (Wildman–Crippen MR) is 84.1 cm³/mol. The summed E-state index contributed by atoms with van der Waals surface area (Å²) in [6, 6.07) is 4.26. The summed E-state index contributed by atoms with van der Waals surface area (Å²) in [6.45, 7) is 9.45. The van der Waals surface area contributed by atoms with Gasteiger partial charge in [-0.2, -0.15) is 0 Å². The van der Waals surface area contributed by atoms with Crippen LogP contribution in [0.3, 0.4) is 0 Å². The number of carbonyl (C=O) groups is 1. The molecule has 118 valence electrons. The van der Waals surface area contributed by atoms with Crippen LogP contribution < -0.4 is 9.88 Å². The van der Waals surface area contributed by atoms with Crippen LogP contribution in [0.15, 0.2) is 24.5 Å². The number of rotatable bonds is 7. The second kappa shape index (κ2) is 8.65. The molecule has 21 heavy (non-hydrogen) atoms. The van der Waals surface area contributed by atoms with Gasteiger partial charge in [0.1, 0.15) is 12.1 Å². The van der Waals surface area contributed by atoms with Crippen molar-refractivity contribution in [3.63, 3.8) is 0 Å². The third-order valence-corrected chi connectivity index (χ3v) is 3.07. The molecular formula is C17H29N2O2+. The lowest BCUT2D eigenvalue weighted by atomic mass is 10.2.